The zero-order chi connectivity index (χ0) is 23.5. The van der Waals surface area contributed by atoms with E-state index in [1.54, 1.807) is 7.11 Å². The molecule has 4 aromatic rings. The van der Waals surface area contributed by atoms with Crippen molar-refractivity contribution < 1.29 is 4.74 Å². The van der Waals surface area contributed by atoms with Crippen LogP contribution in [-0.4, -0.2) is 38.2 Å². The van der Waals surface area contributed by atoms with E-state index in [-0.39, 0.29) is 12.1 Å². The molecule has 1 N–H and O–H groups in total. The van der Waals surface area contributed by atoms with Gasteiger partial charge in [0.25, 0.3) is 0 Å². The third kappa shape index (κ3) is 5.07. The lowest BCUT2D eigenvalue weighted by atomic mass is 10.0. The number of benzene rings is 2. The molecule has 0 radical (unpaired) electrons. The van der Waals surface area contributed by atoms with Gasteiger partial charge in [0.15, 0.2) is 17.0 Å². The highest BCUT2D eigenvalue weighted by Gasteiger charge is 2.25. The molecule has 0 spiro atoms. The molecule has 2 aromatic carbocycles. The molecule has 0 bridgehead atoms. The Morgan fingerprint density at radius 2 is 1.82 bits per heavy atom. The Balaban J connectivity index is 1.74. The molecule has 0 aliphatic carbocycles. The average Bonchev–Trinajstić information content (AvgIpc) is 3.22. The molecule has 2 aromatic heterocycles. The summed E-state index contributed by atoms with van der Waals surface area (Å²) < 4.78 is 8.55. The molecule has 7 nitrogen and oxygen atoms in total. The largest absolute Gasteiger partial charge is 0.380 e. The fourth-order valence-electron chi connectivity index (χ4n) is 3.83. The fourth-order valence-corrected chi connectivity index (χ4v) is 4.33. The van der Waals surface area contributed by atoms with Gasteiger partial charge in [-0.3, -0.25) is 0 Å². The van der Waals surface area contributed by atoms with E-state index in [0.717, 1.165) is 16.6 Å². The van der Waals surface area contributed by atoms with Crippen molar-refractivity contribution in [3.05, 3.63) is 70.0 Å². The van der Waals surface area contributed by atoms with Crippen LogP contribution in [0.5, 0.6) is 0 Å². The normalized spacial score (nSPS) is 13.4. The molecule has 2 unspecified atom stereocenters. The van der Waals surface area contributed by atoms with Crippen molar-refractivity contribution in [3.8, 4) is 0 Å². The highest BCUT2D eigenvalue weighted by atomic mass is 79.9. The molecule has 0 fully saturated rings. The van der Waals surface area contributed by atoms with Crippen molar-refractivity contribution in [2.24, 2.45) is 0 Å². The first-order valence-electron chi connectivity index (χ1n) is 11.1. The van der Waals surface area contributed by atoms with Gasteiger partial charge in [-0.1, -0.05) is 55.5 Å². The van der Waals surface area contributed by atoms with Crippen molar-refractivity contribution in [1.82, 2.24) is 25.0 Å². The fraction of sp³-hybridized carbons (Fsp3) is 0.360. The van der Waals surface area contributed by atoms with Gasteiger partial charge in [0, 0.05) is 11.6 Å². The number of rotatable bonds is 8. The van der Waals surface area contributed by atoms with E-state index in [1.807, 2.05) is 36.7 Å². The van der Waals surface area contributed by atoms with Crippen LogP contribution >= 0.6 is 15.9 Å². The summed E-state index contributed by atoms with van der Waals surface area (Å²) in [5.41, 5.74) is 4.69. The standard InChI is InChI=1S/C25H29BrN6O/c1-15(2)19-11-12-21(20(26)14-19)29-24-23-25(28-17(4)27-24)32(31-30-23)22(16(3)33-5)13-18-9-7-6-8-10-18/h6-12,14-16,22H,13H2,1-5H3,(H,27,28,29). The minimum Gasteiger partial charge on any atom is -0.380 e. The smallest absolute Gasteiger partial charge is 0.184 e. The number of nitrogens with one attached hydrogen (secondary N) is 1. The van der Waals surface area contributed by atoms with Crippen molar-refractivity contribution >= 4 is 38.6 Å². The SMILES string of the molecule is COC(C)C(Cc1ccccc1)n1nnc2c(Nc3ccc(C(C)C)cc3Br)nc(C)nc21. The van der Waals surface area contributed by atoms with Gasteiger partial charge in [0.2, 0.25) is 0 Å². The number of methoxy groups -OCH3 is 1. The highest BCUT2D eigenvalue weighted by Crippen LogP contribution is 2.32. The van der Waals surface area contributed by atoms with Crippen LogP contribution in [-0.2, 0) is 11.2 Å². The molecule has 2 atom stereocenters. The van der Waals surface area contributed by atoms with E-state index in [2.05, 4.69) is 80.7 Å². The Morgan fingerprint density at radius 3 is 2.48 bits per heavy atom. The summed E-state index contributed by atoms with van der Waals surface area (Å²) >= 11 is 3.69. The molecule has 0 aliphatic rings. The van der Waals surface area contributed by atoms with E-state index in [9.17, 15) is 0 Å². The van der Waals surface area contributed by atoms with E-state index in [1.165, 1.54) is 11.1 Å². The number of halogens is 1. The summed E-state index contributed by atoms with van der Waals surface area (Å²) in [5.74, 6) is 1.73. The number of hydrogen-bond acceptors (Lipinski definition) is 6. The van der Waals surface area contributed by atoms with Gasteiger partial charge in [-0.2, -0.15) is 0 Å². The van der Waals surface area contributed by atoms with Gasteiger partial charge in [0.1, 0.15) is 5.82 Å². The summed E-state index contributed by atoms with van der Waals surface area (Å²) in [6.07, 6.45) is 0.669. The molecular formula is C25H29BrN6O. The van der Waals surface area contributed by atoms with Crippen molar-refractivity contribution in [3.63, 3.8) is 0 Å². The van der Waals surface area contributed by atoms with Crippen LogP contribution in [0.4, 0.5) is 11.5 Å². The topological polar surface area (TPSA) is 77.8 Å². The van der Waals surface area contributed by atoms with Crippen LogP contribution < -0.4 is 5.32 Å². The Kier molecular flexibility index (Phi) is 7.05. The molecule has 172 valence electrons. The second-order valence-corrected chi connectivity index (χ2v) is 9.40. The number of fused-ring (bicyclic) bond motifs is 1. The lowest BCUT2D eigenvalue weighted by Gasteiger charge is -2.23. The number of anilines is 2. The van der Waals surface area contributed by atoms with Crippen molar-refractivity contribution in [1.29, 1.82) is 0 Å². The third-order valence-corrected chi connectivity index (χ3v) is 6.52. The first kappa shape index (κ1) is 23.3. The monoisotopic (exact) mass is 508 g/mol. The van der Waals surface area contributed by atoms with Gasteiger partial charge in [0.05, 0.1) is 17.8 Å². The Hall–Kier alpha value is -2.84. The Bertz CT molecular complexity index is 1240. The van der Waals surface area contributed by atoms with Crippen LogP contribution in [0.25, 0.3) is 11.2 Å². The van der Waals surface area contributed by atoms with Crippen LogP contribution in [0.1, 0.15) is 49.7 Å². The maximum absolute atomic E-state index is 5.71. The third-order valence-electron chi connectivity index (χ3n) is 5.86. The molecule has 33 heavy (non-hydrogen) atoms. The first-order valence-corrected chi connectivity index (χ1v) is 11.9. The first-order chi connectivity index (χ1) is 15.9. The van der Waals surface area contributed by atoms with Gasteiger partial charge in [-0.25, -0.2) is 14.6 Å². The number of nitrogens with zero attached hydrogens (tertiary/aromatic N) is 5. The average molecular weight is 509 g/mol. The minimum absolute atomic E-state index is 0.0680. The number of aryl methyl sites for hydroxylation is 1. The lowest BCUT2D eigenvalue weighted by Crippen LogP contribution is -2.27. The zero-order valence-electron chi connectivity index (χ0n) is 19.6. The molecule has 0 aliphatic heterocycles. The van der Waals surface area contributed by atoms with Crippen LogP contribution in [0.2, 0.25) is 0 Å². The highest BCUT2D eigenvalue weighted by molar-refractivity contribution is 9.10. The van der Waals surface area contributed by atoms with Crippen LogP contribution in [0, 0.1) is 6.92 Å². The maximum Gasteiger partial charge on any atom is 0.184 e. The van der Waals surface area contributed by atoms with E-state index in [4.69, 9.17) is 9.72 Å². The summed E-state index contributed by atoms with van der Waals surface area (Å²) in [7, 11) is 1.72. The second-order valence-electron chi connectivity index (χ2n) is 8.54. The summed E-state index contributed by atoms with van der Waals surface area (Å²) in [5, 5.41) is 12.4. The van der Waals surface area contributed by atoms with Gasteiger partial charge < -0.3 is 10.1 Å². The maximum atomic E-state index is 5.71. The summed E-state index contributed by atoms with van der Waals surface area (Å²) in [4.78, 5) is 9.32. The van der Waals surface area contributed by atoms with Gasteiger partial charge >= 0.3 is 0 Å². The predicted octanol–water partition coefficient (Wildman–Crippen LogP) is 5.98. The summed E-state index contributed by atoms with van der Waals surface area (Å²) in [6, 6.07) is 16.6. The second kappa shape index (κ2) is 9.97. The van der Waals surface area contributed by atoms with E-state index < -0.39 is 0 Å². The van der Waals surface area contributed by atoms with Gasteiger partial charge in [-0.05, 0) is 65.4 Å². The van der Waals surface area contributed by atoms with Crippen molar-refractivity contribution in [2.75, 3.05) is 12.4 Å². The molecule has 8 heteroatoms. The quantitative estimate of drug-likeness (QED) is 0.315. The van der Waals surface area contributed by atoms with Gasteiger partial charge in [-0.15, -0.1) is 5.10 Å². The minimum atomic E-state index is -0.0838. The molecule has 4 rings (SSSR count). The van der Waals surface area contributed by atoms with Crippen LogP contribution in [0.15, 0.2) is 53.0 Å². The number of aromatic nitrogens is 5. The Labute approximate surface area is 202 Å². The van der Waals surface area contributed by atoms with E-state index >= 15 is 0 Å². The lowest BCUT2D eigenvalue weighted by molar-refractivity contribution is 0.0670. The number of ether oxygens (including phenoxy) is 1. The van der Waals surface area contributed by atoms with Crippen molar-refractivity contribution in [2.45, 2.75) is 52.2 Å². The number of hydrogen-bond donors (Lipinski definition) is 1. The molecule has 2 heterocycles. The molecule has 0 saturated carbocycles. The molecular weight excluding hydrogens is 480 g/mol. The predicted molar refractivity (Wildman–Crippen MR) is 135 cm³/mol. The molecule has 0 saturated heterocycles. The zero-order valence-corrected chi connectivity index (χ0v) is 21.2. The Morgan fingerprint density at radius 1 is 1.06 bits per heavy atom. The van der Waals surface area contributed by atoms with E-state index in [0.29, 0.717) is 28.7 Å². The summed E-state index contributed by atoms with van der Waals surface area (Å²) in [6.45, 7) is 8.28. The molecule has 0 amide bonds. The van der Waals surface area contributed by atoms with Crippen LogP contribution in [0.3, 0.4) is 0 Å².